The van der Waals surface area contributed by atoms with Crippen molar-refractivity contribution in [1.82, 2.24) is 14.9 Å². The highest BCUT2D eigenvalue weighted by Crippen LogP contribution is 2.23. The van der Waals surface area contributed by atoms with Crippen LogP contribution in [0.5, 0.6) is 0 Å². The number of hydrogen-bond acceptors (Lipinski definition) is 2. The van der Waals surface area contributed by atoms with Gasteiger partial charge in [0.15, 0.2) is 0 Å². The number of aromatic nitrogens is 2. The van der Waals surface area contributed by atoms with Crippen LogP contribution in [0.1, 0.15) is 46.4 Å². The van der Waals surface area contributed by atoms with Gasteiger partial charge < -0.3 is 9.88 Å². The Kier molecular flexibility index (Phi) is 5.19. The smallest absolute Gasteiger partial charge is 0.108 e. The molecule has 98 valence electrons. The average molecular weight is 237 g/mol. The zero-order valence-electron chi connectivity index (χ0n) is 12.0. The van der Waals surface area contributed by atoms with Crippen LogP contribution in [0.2, 0.25) is 0 Å². The van der Waals surface area contributed by atoms with Crippen LogP contribution in [0.3, 0.4) is 0 Å². The summed E-state index contributed by atoms with van der Waals surface area (Å²) in [5.74, 6) is 1.19. The molecule has 0 spiro atoms. The topological polar surface area (TPSA) is 29.9 Å². The molecule has 0 fully saturated rings. The highest BCUT2D eigenvalue weighted by atomic mass is 15.0. The molecule has 0 bridgehead atoms. The summed E-state index contributed by atoms with van der Waals surface area (Å²) in [6.07, 6.45) is 7.37. The van der Waals surface area contributed by atoms with Crippen molar-refractivity contribution in [2.45, 2.75) is 53.0 Å². The molecule has 0 aliphatic heterocycles. The first-order chi connectivity index (χ1) is 7.95. The number of nitrogens with zero attached hydrogens (tertiary/aromatic N) is 2. The van der Waals surface area contributed by atoms with Crippen molar-refractivity contribution in [3.63, 3.8) is 0 Å². The van der Waals surface area contributed by atoms with Gasteiger partial charge in [-0.25, -0.2) is 4.98 Å². The molecule has 1 atom stereocenters. The van der Waals surface area contributed by atoms with Crippen LogP contribution in [0.25, 0.3) is 0 Å². The van der Waals surface area contributed by atoms with Crippen molar-refractivity contribution in [2.75, 3.05) is 6.54 Å². The van der Waals surface area contributed by atoms with Crippen LogP contribution in [0.15, 0.2) is 12.4 Å². The lowest BCUT2D eigenvalue weighted by Crippen LogP contribution is -2.40. The summed E-state index contributed by atoms with van der Waals surface area (Å²) in [5, 5.41) is 3.59. The molecule has 0 saturated heterocycles. The molecule has 1 aromatic rings. The number of rotatable bonds is 6. The third-order valence-corrected chi connectivity index (χ3v) is 3.31. The molecule has 3 nitrogen and oxygen atoms in total. The van der Waals surface area contributed by atoms with E-state index < -0.39 is 0 Å². The summed E-state index contributed by atoms with van der Waals surface area (Å²) in [4.78, 5) is 4.36. The van der Waals surface area contributed by atoms with Gasteiger partial charge >= 0.3 is 0 Å². The fourth-order valence-electron chi connectivity index (χ4n) is 2.19. The van der Waals surface area contributed by atoms with Gasteiger partial charge in [0.05, 0.1) is 0 Å². The van der Waals surface area contributed by atoms with Crippen LogP contribution in [0, 0.1) is 5.41 Å². The van der Waals surface area contributed by atoms with Gasteiger partial charge in [0.2, 0.25) is 0 Å². The van der Waals surface area contributed by atoms with E-state index in [2.05, 4.69) is 49.6 Å². The predicted octanol–water partition coefficient (Wildman–Crippen LogP) is 2.77. The van der Waals surface area contributed by atoms with E-state index in [1.807, 2.05) is 12.4 Å². The lowest BCUT2D eigenvalue weighted by Gasteiger charge is -2.31. The first-order valence-electron chi connectivity index (χ1n) is 6.64. The lowest BCUT2D eigenvalue weighted by atomic mass is 9.83. The Bertz CT molecular complexity index is 322. The van der Waals surface area contributed by atoms with E-state index in [9.17, 15) is 0 Å². The Hall–Kier alpha value is -0.830. The first kappa shape index (κ1) is 14.2. The molecule has 0 aromatic carbocycles. The van der Waals surface area contributed by atoms with Gasteiger partial charge in [-0.1, -0.05) is 27.7 Å². The predicted molar refractivity (Wildman–Crippen MR) is 73.1 cm³/mol. The molecule has 1 aromatic heterocycles. The zero-order chi connectivity index (χ0) is 12.9. The summed E-state index contributed by atoms with van der Waals surface area (Å²) < 4.78 is 2.11. The third kappa shape index (κ3) is 4.50. The molecule has 3 heteroatoms. The van der Waals surface area contributed by atoms with Crippen molar-refractivity contribution in [2.24, 2.45) is 12.5 Å². The molecule has 17 heavy (non-hydrogen) atoms. The maximum absolute atomic E-state index is 4.36. The number of imidazole rings is 1. The Labute approximate surface area is 106 Å². The molecular formula is C14H27N3. The van der Waals surface area contributed by atoms with E-state index in [0.29, 0.717) is 11.5 Å². The Morgan fingerprint density at radius 1 is 1.41 bits per heavy atom. The molecule has 0 aliphatic carbocycles. The molecule has 0 radical (unpaired) electrons. The van der Waals surface area contributed by atoms with Crippen molar-refractivity contribution < 1.29 is 0 Å². The number of nitrogens with one attached hydrogen (secondary N) is 1. The van der Waals surface area contributed by atoms with Gasteiger partial charge in [-0.2, -0.15) is 0 Å². The second-order valence-corrected chi connectivity index (χ2v) is 5.82. The van der Waals surface area contributed by atoms with Crippen LogP contribution < -0.4 is 5.32 Å². The monoisotopic (exact) mass is 237 g/mol. The highest BCUT2D eigenvalue weighted by molar-refractivity contribution is 4.91. The molecule has 1 heterocycles. The van der Waals surface area contributed by atoms with E-state index in [1.54, 1.807) is 0 Å². The van der Waals surface area contributed by atoms with Crippen LogP contribution in [0.4, 0.5) is 0 Å². The Morgan fingerprint density at radius 2 is 2.12 bits per heavy atom. The minimum Gasteiger partial charge on any atom is -0.338 e. The zero-order valence-corrected chi connectivity index (χ0v) is 12.0. The first-order valence-corrected chi connectivity index (χ1v) is 6.64. The van der Waals surface area contributed by atoms with Crippen molar-refractivity contribution in [3.05, 3.63) is 18.2 Å². The third-order valence-electron chi connectivity index (χ3n) is 3.31. The highest BCUT2D eigenvalue weighted by Gasteiger charge is 2.22. The molecule has 1 rings (SSSR count). The second-order valence-electron chi connectivity index (χ2n) is 5.82. The fourth-order valence-corrected chi connectivity index (χ4v) is 2.19. The van der Waals surface area contributed by atoms with Gasteiger partial charge in [-0.3, -0.25) is 0 Å². The van der Waals surface area contributed by atoms with Crippen molar-refractivity contribution in [3.8, 4) is 0 Å². The Balaban J connectivity index is 2.40. The van der Waals surface area contributed by atoms with Gasteiger partial charge in [0.25, 0.3) is 0 Å². The number of aryl methyl sites for hydroxylation is 2. The SMILES string of the molecule is CCNC(CCCc1nccn1C)C(C)(C)C. The van der Waals surface area contributed by atoms with Crippen molar-refractivity contribution >= 4 is 0 Å². The van der Waals surface area contributed by atoms with Crippen LogP contribution >= 0.6 is 0 Å². The van der Waals surface area contributed by atoms with Gasteiger partial charge in [-0.15, -0.1) is 0 Å². The van der Waals surface area contributed by atoms with Gasteiger partial charge in [-0.05, 0) is 24.8 Å². The molecule has 1 N–H and O–H groups in total. The molecule has 0 amide bonds. The largest absolute Gasteiger partial charge is 0.338 e. The minimum atomic E-state index is 0.331. The summed E-state index contributed by atoms with van der Waals surface area (Å²) in [6, 6.07) is 0.591. The fraction of sp³-hybridized carbons (Fsp3) is 0.786. The summed E-state index contributed by atoms with van der Waals surface area (Å²) in [5.41, 5.74) is 0.331. The summed E-state index contributed by atoms with van der Waals surface area (Å²) in [6.45, 7) is 10.1. The molecule has 1 unspecified atom stereocenters. The van der Waals surface area contributed by atoms with E-state index >= 15 is 0 Å². The molecular weight excluding hydrogens is 210 g/mol. The second kappa shape index (κ2) is 6.20. The van der Waals surface area contributed by atoms with E-state index in [-0.39, 0.29) is 0 Å². The molecule has 0 aliphatic rings. The van der Waals surface area contributed by atoms with E-state index in [4.69, 9.17) is 0 Å². The average Bonchev–Trinajstić information content (AvgIpc) is 2.62. The van der Waals surface area contributed by atoms with Crippen LogP contribution in [-0.2, 0) is 13.5 Å². The van der Waals surface area contributed by atoms with Crippen LogP contribution in [-0.4, -0.2) is 22.1 Å². The summed E-state index contributed by atoms with van der Waals surface area (Å²) >= 11 is 0. The van der Waals surface area contributed by atoms with Crippen molar-refractivity contribution in [1.29, 1.82) is 0 Å². The minimum absolute atomic E-state index is 0.331. The molecule has 0 saturated carbocycles. The lowest BCUT2D eigenvalue weighted by molar-refractivity contribution is 0.254. The maximum Gasteiger partial charge on any atom is 0.108 e. The standard InChI is InChI=1S/C14H27N3/c1-6-15-12(14(2,3)4)8-7-9-13-16-10-11-17(13)5/h10-12,15H,6-9H2,1-5H3. The Morgan fingerprint density at radius 3 is 2.59 bits per heavy atom. The maximum atomic E-state index is 4.36. The van der Waals surface area contributed by atoms with Gasteiger partial charge in [0, 0.05) is 31.9 Å². The van der Waals surface area contributed by atoms with E-state index in [0.717, 1.165) is 13.0 Å². The van der Waals surface area contributed by atoms with E-state index in [1.165, 1.54) is 18.7 Å². The van der Waals surface area contributed by atoms with Gasteiger partial charge in [0.1, 0.15) is 5.82 Å². The quantitative estimate of drug-likeness (QED) is 0.824. The normalized spacial score (nSPS) is 13.9. The number of hydrogen-bond donors (Lipinski definition) is 1. The summed E-state index contributed by atoms with van der Waals surface area (Å²) in [7, 11) is 2.06.